The second-order valence-electron chi connectivity index (χ2n) is 5.43. The van der Waals surface area contributed by atoms with Crippen molar-refractivity contribution in [2.45, 2.75) is 58.4 Å². The van der Waals surface area contributed by atoms with Gasteiger partial charge in [0.1, 0.15) is 0 Å². The van der Waals surface area contributed by atoms with E-state index in [-0.39, 0.29) is 5.41 Å². The topological polar surface area (TPSA) is 41.6 Å². The minimum atomic E-state index is -0.269. The SMILES string of the molecule is CCC(C)(C#N)Cc1ccn(C2CCCC2)n1. The molecule has 1 atom stereocenters. The van der Waals surface area contributed by atoms with Crippen LogP contribution in [-0.2, 0) is 6.42 Å². The molecule has 1 unspecified atom stereocenters. The van der Waals surface area contributed by atoms with Crippen molar-refractivity contribution < 1.29 is 0 Å². The van der Waals surface area contributed by atoms with Gasteiger partial charge in [-0.1, -0.05) is 19.8 Å². The Morgan fingerprint density at radius 2 is 2.24 bits per heavy atom. The molecule has 0 spiro atoms. The summed E-state index contributed by atoms with van der Waals surface area (Å²) < 4.78 is 2.11. The van der Waals surface area contributed by atoms with Crippen molar-refractivity contribution in [2.75, 3.05) is 0 Å². The summed E-state index contributed by atoms with van der Waals surface area (Å²) in [6.07, 6.45) is 8.88. The molecule has 17 heavy (non-hydrogen) atoms. The Hall–Kier alpha value is -1.30. The van der Waals surface area contributed by atoms with Gasteiger partial charge in [-0.2, -0.15) is 10.4 Å². The van der Waals surface area contributed by atoms with E-state index in [9.17, 15) is 5.26 Å². The summed E-state index contributed by atoms with van der Waals surface area (Å²) in [5, 5.41) is 13.8. The summed E-state index contributed by atoms with van der Waals surface area (Å²) in [6, 6.07) is 5.08. The van der Waals surface area contributed by atoms with Gasteiger partial charge in [0.05, 0.1) is 23.2 Å². The van der Waals surface area contributed by atoms with Gasteiger partial charge < -0.3 is 0 Å². The standard InChI is InChI=1S/C14H21N3/c1-3-14(2,11-15)10-12-8-9-17(16-12)13-6-4-5-7-13/h8-9,13H,3-7,10H2,1-2H3. The Morgan fingerprint density at radius 3 is 2.82 bits per heavy atom. The zero-order valence-electron chi connectivity index (χ0n) is 10.8. The highest BCUT2D eigenvalue weighted by Crippen LogP contribution is 2.30. The fraction of sp³-hybridized carbons (Fsp3) is 0.714. The Labute approximate surface area is 103 Å². The maximum Gasteiger partial charge on any atom is 0.0690 e. The zero-order valence-corrected chi connectivity index (χ0v) is 10.8. The van der Waals surface area contributed by atoms with Crippen LogP contribution >= 0.6 is 0 Å². The van der Waals surface area contributed by atoms with Crippen LogP contribution in [0.5, 0.6) is 0 Å². The summed E-state index contributed by atoms with van der Waals surface area (Å²) in [7, 11) is 0. The van der Waals surface area contributed by atoms with Gasteiger partial charge in [0, 0.05) is 12.6 Å². The van der Waals surface area contributed by atoms with Gasteiger partial charge in [-0.05, 0) is 32.3 Å². The number of rotatable bonds is 4. The van der Waals surface area contributed by atoms with Gasteiger partial charge in [0.15, 0.2) is 0 Å². The van der Waals surface area contributed by atoms with E-state index < -0.39 is 0 Å². The molecule has 0 bridgehead atoms. The molecule has 0 amide bonds. The predicted molar refractivity (Wildman–Crippen MR) is 67.4 cm³/mol. The lowest BCUT2D eigenvalue weighted by atomic mass is 9.84. The molecule has 1 fully saturated rings. The molecule has 0 aliphatic heterocycles. The summed E-state index contributed by atoms with van der Waals surface area (Å²) >= 11 is 0. The first kappa shape index (κ1) is 12.2. The smallest absolute Gasteiger partial charge is 0.0690 e. The fourth-order valence-electron chi connectivity index (χ4n) is 2.49. The van der Waals surface area contributed by atoms with E-state index in [1.165, 1.54) is 25.7 Å². The Morgan fingerprint density at radius 1 is 1.53 bits per heavy atom. The summed E-state index contributed by atoms with van der Waals surface area (Å²) in [4.78, 5) is 0. The van der Waals surface area contributed by atoms with Crippen molar-refractivity contribution in [3.8, 4) is 6.07 Å². The van der Waals surface area contributed by atoms with Gasteiger partial charge in [-0.15, -0.1) is 0 Å². The predicted octanol–water partition coefficient (Wildman–Crippen LogP) is 3.48. The lowest BCUT2D eigenvalue weighted by Crippen LogP contribution is -2.16. The number of hydrogen-bond acceptors (Lipinski definition) is 2. The number of aromatic nitrogens is 2. The third-order valence-corrected chi connectivity index (χ3v) is 3.98. The van der Waals surface area contributed by atoms with Crippen molar-refractivity contribution in [1.29, 1.82) is 5.26 Å². The van der Waals surface area contributed by atoms with Crippen molar-refractivity contribution in [2.24, 2.45) is 5.41 Å². The van der Waals surface area contributed by atoms with E-state index >= 15 is 0 Å². The highest BCUT2D eigenvalue weighted by Gasteiger charge is 2.24. The number of nitriles is 1. The lowest BCUT2D eigenvalue weighted by Gasteiger charge is -2.17. The molecule has 1 aromatic rings. The molecule has 0 N–H and O–H groups in total. The van der Waals surface area contributed by atoms with E-state index in [0.29, 0.717) is 6.04 Å². The van der Waals surface area contributed by atoms with E-state index in [2.05, 4.69) is 35.0 Å². The number of hydrogen-bond donors (Lipinski definition) is 0. The van der Waals surface area contributed by atoms with Crippen LogP contribution in [0, 0.1) is 16.7 Å². The van der Waals surface area contributed by atoms with Gasteiger partial charge in [0.25, 0.3) is 0 Å². The van der Waals surface area contributed by atoms with E-state index in [4.69, 9.17) is 0 Å². The normalized spacial score (nSPS) is 20.1. The first-order valence-corrected chi connectivity index (χ1v) is 6.62. The van der Waals surface area contributed by atoms with Crippen LogP contribution in [-0.4, -0.2) is 9.78 Å². The summed E-state index contributed by atoms with van der Waals surface area (Å²) in [5.41, 5.74) is 0.789. The van der Waals surface area contributed by atoms with Crippen molar-refractivity contribution in [3.63, 3.8) is 0 Å². The van der Waals surface area contributed by atoms with Gasteiger partial charge in [0.2, 0.25) is 0 Å². The molecular weight excluding hydrogens is 210 g/mol. The molecule has 0 saturated heterocycles. The summed E-state index contributed by atoms with van der Waals surface area (Å²) in [6.45, 7) is 4.08. The molecule has 92 valence electrons. The molecule has 1 heterocycles. The zero-order chi connectivity index (χ0) is 12.3. The first-order chi connectivity index (χ1) is 8.17. The van der Waals surface area contributed by atoms with Gasteiger partial charge in [-0.3, -0.25) is 4.68 Å². The second kappa shape index (κ2) is 4.91. The minimum Gasteiger partial charge on any atom is -0.269 e. The van der Waals surface area contributed by atoms with E-state index in [1.807, 2.05) is 6.92 Å². The maximum absolute atomic E-state index is 9.18. The Bertz CT molecular complexity index is 409. The van der Waals surface area contributed by atoms with Crippen LogP contribution in [0.4, 0.5) is 0 Å². The first-order valence-electron chi connectivity index (χ1n) is 6.62. The average molecular weight is 231 g/mol. The van der Waals surface area contributed by atoms with Crippen LogP contribution in [0.1, 0.15) is 57.7 Å². The van der Waals surface area contributed by atoms with Crippen LogP contribution in [0.15, 0.2) is 12.3 Å². The third kappa shape index (κ3) is 2.69. The average Bonchev–Trinajstić information content (AvgIpc) is 2.98. The molecule has 2 rings (SSSR count). The van der Waals surface area contributed by atoms with E-state index in [0.717, 1.165) is 18.5 Å². The quantitative estimate of drug-likeness (QED) is 0.796. The van der Waals surface area contributed by atoms with Crippen LogP contribution in [0.2, 0.25) is 0 Å². The summed E-state index contributed by atoms with van der Waals surface area (Å²) in [5.74, 6) is 0. The maximum atomic E-state index is 9.18. The molecular formula is C14H21N3. The Balaban J connectivity index is 2.06. The fourth-order valence-corrected chi connectivity index (χ4v) is 2.49. The molecule has 0 radical (unpaired) electrons. The highest BCUT2D eigenvalue weighted by molar-refractivity contribution is 5.08. The molecule has 1 aromatic heterocycles. The number of nitrogens with zero attached hydrogens (tertiary/aromatic N) is 3. The molecule has 1 saturated carbocycles. The highest BCUT2D eigenvalue weighted by atomic mass is 15.3. The minimum absolute atomic E-state index is 0.269. The Kier molecular flexibility index (Phi) is 3.51. The third-order valence-electron chi connectivity index (χ3n) is 3.98. The molecule has 0 aromatic carbocycles. The van der Waals surface area contributed by atoms with Crippen LogP contribution in [0.3, 0.4) is 0 Å². The van der Waals surface area contributed by atoms with Crippen LogP contribution < -0.4 is 0 Å². The van der Waals surface area contributed by atoms with Crippen molar-refractivity contribution in [3.05, 3.63) is 18.0 Å². The van der Waals surface area contributed by atoms with Crippen molar-refractivity contribution in [1.82, 2.24) is 9.78 Å². The molecule has 3 nitrogen and oxygen atoms in total. The largest absolute Gasteiger partial charge is 0.269 e. The molecule has 1 aliphatic rings. The molecule has 1 aliphatic carbocycles. The van der Waals surface area contributed by atoms with Crippen molar-refractivity contribution >= 4 is 0 Å². The van der Waals surface area contributed by atoms with Gasteiger partial charge in [-0.25, -0.2) is 0 Å². The van der Waals surface area contributed by atoms with Gasteiger partial charge >= 0.3 is 0 Å². The lowest BCUT2D eigenvalue weighted by molar-refractivity contribution is 0.407. The monoisotopic (exact) mass is 231 g/mol. The molecule has 3 heteroatoms. The van der Waals surface area contributed by atoms with E-state index in [1.54, 1.807) is 0 Å². The second-order valence-corrected chi connectivity index (χ2v) is 5.43. The van der Waals surface area contributed by atoms with Crippen LogP contribution in [0.25, 0.3) is 0 Å².